The number of rotatable bonds is 6. The maximum atomic E-state index is 13.3. The van der Waals surface area contributed by atoms with Crippen LogP contribution in [-0.4, -0.2) is 71.8 Å². The molecule has 188 valence electrons. The molecule has 2 aliphatic heterocycles. The Morgan fingerprint density at radius 3 is 2.92 bits per heavy atom. The van der Waals surface area contributed by atoms with E-state index in [1.165, 1.54) is 11.3 Å². The Hall–Kier alpha value is -2.91. The Bertz CT molecular complexity index is 1380. The molecule has 1 aromatic carbocycles. The number of piperazine rings is 1. The van der Waals surface area contributed by atoms with E-state index in [0.717, 1.165) is 61.3 Å². The number of benzene rings is 1. The van der Waals surface area contributed by atoms with Crippen LogP contribution in [0.5, 0.6) is 5.75 Å². The molecular formula is C27H30ClN5O2S. The van der Waals surface area contributed by atoms with Crippen LogP contribution in [-0.2, 0) is 0 Å². The second-order valence-corrected chi connectivity index (χ2v) is 10.6. The molecule has 0 bridgehead atoms. The lowest BCUT2D eigenvalue weighted by Crippen LogP contribution is -2.49. The van der Waals surface area contributed by atoms with Crippen molar-refractivity contribution in [3.63, 3.8) is 0 Å². The number of nitrogens with one attached hydrogen (secondary N) is 1. The van der Waals surface area contributed by atoms with Crippen LogP contribution in [0, 0.1) is 0 Å². The molecule has 0 amide bonds. The van der Waals surface area contributed by atoms with E-state index in [1.807, 2.05) is 61.6 Å². The number of ether oxygens (including phenoxy) is 1. The molecule has 36 heavy (non-hydrogen) atoms. The molecule has 2 aromatic heterocycles. The minimum absolute atomic E-state index is 0.0863. The summed E-state index contributed by atoms with van der Waals surface area (Å²) in [6.07, 6.45) is 11.0. The fourth-order valence-electron chi connectivity index (χ4n) is 4.42. The van der Waals surface area contributed by atoms with E-state index >= 15 is 0 Å². The molecule has 7 nitrogen and oxygen atoms in total. The van der Waals surface area contributed by atoms with E-state index in [0.29, 0.717) is 15.2 Å². The van der Waals surface area contributed by atoms with Crippen LogP contribution in [0.15, 0.2) is 64.7 Å². The summed E-state index contributed by atoms with van der Waals surface area (Å²) in [5, 5.41) is 4.14. The summed E-state index contributed by atoms with van der Waals surface area (Å²) in [6, 6.07) is 7.73. The van der Waals surface area contributed by atoms with E-state index in [9.17, 15) is 4.79 Å². The SMILES string of the molecule is C\C=C/C(Cl)=C\C=C\c1cc2ncn(-c3ccc4c(c3)NCC(CN3CCN(C)CC3)O4)c(=O)c2s1. The molecule has 0 radical (unpaired) electrons. The second-order valence-electron chi connectivity index (χ2n) is 9.10. The van der Waals surface area contributed by atoms with Gasteiger partial charge in [-0.15, -0.1) is 11.3 Å². The van der Waals surface area contributed by atoms with Gasteiger partial charge in [-0.05, 0) is 56.5 Å². The van der Waals surface area contributed by atoms with Crippen LogP contribution in [0.3, 0.4) is 0 Å². The number of anilines is 1. The molecular weight excluding hydrogens is 494 g/mol. The molecule has 1 fully saturated rings. The third-order valence-corrected chi connectivity index (χ3v) is 7.74. The van der Waals surface area contributed by atoms with Crippen molar-refractivity contribution in [3.8, 4) is 11.4 Å². The van der Waals surface area contributed by atoms with Crippen molar-refractivity contribution >= 4 is 44.9 Å². The number of thiophene rings is 1. The predicted octanol–water partition coefficient (Wildman–Crippen LogP) is 4.58. The lowest BCUT2D eigenvalue weighted by molar-refractivity contribution is 0.0960. The summed E-state index contributed by atoms with van der Waals surface area (Å²) in [4.78, 5) is 23.6. The van der Waals surface area contributed by atoms with Gasteiger partial charge in [0.25, 0.3) is 5.56 Å². The van der Waals surface area contributed by atoms with Crippen LogP contribution in [0.1, 0.15) is 11.8 Å². The highest BCUT2D eigenvalue weighted by Gasteiger charge is 2.24. The highest BCUT2D eigenvalue weighted by atomic mass is 35.5. The van der Waals surface area contributed by atoms with Crippen LogP contribution in [0.25, 0.3) is 22.0 Å². The Morgan fingerprint density at radius 1 is 1.28 bits per heavy atom. The van der Waals surface area contributed by atoms with Crippen molar-refractivity contribution < 1.29 is 4.74 Å². The Morgan fingerprint density at radius 2 is 2.11 bits per heavy atom. The van der Waals surface area contributed by atoms with Crippen molar-refractivity contribution in [2.75, 3.05) is 51.6 Å². The highest BCUT2D eigenvalue weighted by molar-refractivity contribution is 7.19. The van der Waals surface area contributed by atoms with Gasteiger partial charge < -0.3 is 15.0 Å². The average Bonchev–Trinajstić information content (AvgIpc) is 3.29. The summed E-state index contributed by atoms with van der Waals surface area (Å²) in [7, 11) is 2.17. The van der Waals surface area contributed by atoms with E-state index < -0.39 is 0 Å². The van der Waals surface area contributed by atoms with Gasteiger partial charge in [0.05, 0.1) is 23.4 Å². The van der Waals surface area contributed by atoms with Crippen molar-refractivity contribution in [2.24, 2.45) is 0 Å². The largest absolute Gasteiger partial charge is 0.485 e. The molecule has 1 unspecified atom stereocenters. The number of aromatic nitrogens is 2. The third-order valence-electron chi connectivity index (χ3n) is 6.41. The smallest absolute Gasteiger partial charge is 0.275 e. The molecule has 9 heteroatoms. The van der Waals surface area contributed by atoms with Gasteiger partial charge in [-0.2, -0.15) is 0 Å². The molecule has 2 aliphatic rings. The minimum Gasteiger partial charge on any atom is -0.485 e. The Balaban J connectivity index is 1.32. The van der Waals surface area contributed by atoms with E-state index in [-0.39, 0.29) is 11.7 Å². The maximum absolute atomic E-state index is 13.3. The molecule has 0 spiro atoms. The van der Waals surface area contributed by atoms with E-state index in [2.05, 4.69) is 27.1 Å². The highest BCUT2D eigenvalue weighted by Crippen LogP contribution is 2.31. The number of hydrogen-bond acceptors (Lipinski definition) is 7. The maximum Gasteiger partial charge on any atom is 0.275 e. The lowest BCUT2D eigenvalue weighted by atomic mass is 10.2. The second kappa shape index (κ2) is 11.0. The van der Waals surface area contributed by atoms with Crippen LogP contribution in [0.4, 0.5) is 5.69 Å². The Labute approximate surface area is 220 Å². The third kappa shape index (κ3) is 5.57. The Kier molecular flexibility index (Phi) is 7.57. The zero-order valence-electron chi connectivity index (χ0n) is 20.5. The molecule has 1 N–H and O–H groups in total. The molecule has 0 aliphatic carbocycles. The molecule has 4 heterocycles. The average molecular weight is 524 g/mol. The van der Waals surface area contributed by atoms with Crippen molar-refractivity contribution in [1.29, 1.82) is 0 Å². The van der Waals surface area contributed by atoms with Gasteiger partial charge in [0, 0.05) is 42.6 Å². The lowest BCUT2D eigenvalue weighted by Gasteiger charge is -2.36. The van der Waals surface area contributed by atoms with Gasteiger partial charge >= 0.3 is 0 Å². The standard InChI is InChI=1S/C27H30ClN5O2S/c1-3-5-19(28)6-4-7-22-15-24-26(36-22)27(34)33(18-30-24)20-8-9-25-23(14-20)29-16-21(35-25)17-32-12-10-31(2)11-13-32/h3-9,14-15,18,21,29H,10-13,16-17H2,1-2H3/b5-3-,7-4+,19-6+. The van der Waals surface area contributed by atoms with Crippen LogP contribution < -0.4 is 15.6 Å². The minimum atomic E-state index is -0.0863. The molecule has 5 rings (SSSR count). The first-order chi connectivity index (χ1) is 17.5. The first kappa shape index (κ1) is 24.8. The van der Waals surface area contributed by atoms with Gasteiger partial charge in [0.15, 0.2) is 0 Å². The van der Waals surface area contributed by atoms with Crippen molar-refractivity contribution in [3.05, 3.63) is 75.2 Å². The first-order valence-electron chi connectivity index (χ1n) is 12.1. The normalized spacial score (nSPS) is 19.6. The zero-order chi connectivity index (χ0) is 25.1. The van der Waals surface area contributed by atoms with Gasteiger partial charge in [0.2, 0.25) is 0 Å². The van der Waals surface area contributed by atoms with Crippen molar-refractivity contribution in [1.82, 2.24) is 19.4 Å². The fraction of sp³-hybridized carbons (Fsp3) is 0.333. The number of hydrogen-bond donors (Lipinski definition) is 1. The number of halogens is 1. The summed E-state index contributed by atoms with van der Waals surface area (Å²) < 4.78 is 8.49. The van der Waals surface area contributed by atoms with Gasteiger partial charge in [0.1, 0.15) is 22.9 Å². The van der Waals surface area contributed by atoms with Crippen LogP contribution in [0.2, 0.25) is 0 Å². The van der Waals surface area contributed by atoms with Gasteiger partial charge in [-0.3, -0.25) is 14.3 Å². The quantitative estimate of drug-likeness (QED) is 0.477. The van der Waals surface area contributed by atoms with E-state index in [4.69, 9.17) is 16.3 Å². The number of fused-ring (bicyclic) bond motifs is 2. The monoisotopic (exact) mass is 523 g/mol. The molecule has 0 saturated carbocycles. The number of likely N-dealkylation sites (N-methyl/N-ethyl adjacent to an activating group) is 1. The molecule has 1 saturated heterocycles. The summed E-state index contributed by atoms with van der Waals surface area (Å²) in [6.45, 7) is 7.90. The molecule has 3 aromatic rings. The summed E-state index contributed by atoms with van der Waals surface area (Å²) >= 11 is 7.51. The van der Waals surface area contributed by atoms with Crippen molar-refractivity contribution in [2.45, 2.75) is 13.0 Å². The topological polar surface area (TPSA) is 62.6 Å². The van der Waals surface area contributed by atoms with Crippen LogP contribution >= 0.6 is 22.9 Å². The summed E-state index contributed by atoms with van der Waals surface area (Å²) in [5.41, 5.74) is 2.26. The van der Waals surface area contributed by atoms with Gasteiger partial charge in [-0.1, -0.05) is 23.8 Å². The molecule has 1 atom stereocenters. The summed E-state index contributed by atoms with van der Waals surface area (Å²) in [5.74, 6) is 0.819. The zero-order valence-corrected chi connectivity index (χ0v) is 22.1. The first-order valence-corrected chi connectivity index (χ1v) is 13.3. The van der Waals surface area contributed by atoms with Gasteiger partial charge in [-0.25, -0.2) is 4.98 Å². The number of nitrogens with zero attached hydrogens (tertiary/aromatic N) is 4. The number of allylic oxidation sites excluding steroid dienone is 5. The predicted molar refractivity (Wildman–Crippen MR) is 150 cm³/mol. The fourth-order valence-corrected chi connectivity index (χ4v) is 5.57. The van der Waals surface area contributed by atoms with E-state index in [1.54, 1.807) is 10.9 Å².